The van der Waals surface area contributed by atoms with Crippen LogP contribution in [0.3, 0.4) is 0 Å². The topological polar surface area (TPSA) is 25.2 Å². The number of fused-ring (bicyclic) bond motifs is 1. The van der Waals surface area contributed by atoms with E-state index in [4.69, 9.17) is 16.0 Å². The van der Waals surface area contributed by atoms with Gasteiger partial charge in [-0.2, -0.15) is 0 Å². The molecule has 21 heavy (non-hydrogen) atoms. The van der Waals surface area contributed by atoms with E-state index in [2.05, 4.69) is 25.2 Å². The average Bonchev–Trinajstić information content (AvgIpc) is 2.84. The molecular formula is C18H18ClNO. The smallest absolute Gasteiger partial charge is 0.134 e. The van der Waals surface area contributed by atoms with Crippen LogP contribution in [-0.4, -0.2) is 0 Å². The minimum atomic E-state index is 0.133. The van der Waals surface area contributed by atoms with Crippen molar-refractivity contribution in [3.8, 4) is 0 Å². The Kier molecular flexibility index (Phi) is 4.00. The minimum absolute atomic E-state index is 0.133. The molecule has 1 N–H and O–H groups in total. The van der Waals surface area contributed by atoms with E-state index in [0.29, 0.717) is 0 Å². The standard InChI is InChI=1S/C18H18ClNO/c1-12-15-8-4-6-10-17(15)21-18(12)13(2)20-11-14-7-3-5-9-16(14)19/h3-10,13,20H,11H2,1-2H3. The van der Waals surface area contributed by atoms with E-state index < -0.39 is 0 Å². The maximum atomic E-state index is 6.19. The Morgan fingerprint density at radius 2 is 1.81 bits per heavy atom. The summed E-state index contributed by atoms with van der Waals surface area (Å²) in [6.07, 6.45) is 0. The van der Waals surface area contributed by atoms with E-state index in [9.17, 15) is 0 Å². The van der Waals surface area contributed by atoms with E-state index in [0.717, 1.165) is 28.5 Å². The highest BCUT2D eigenvalue weighted by Crippen LogP contribution is 2.29. The Labute approximate surface area is 129 Å². The molecular weight excluding hydrogens is 282 g/mol. The van der Waals surface area contributed by atoms with Crippen molar-refractivity contribution in [2.75, 3.05) is 0 Å². The lowest BCUT2D eigenvalue weighted by Crippen LogP contribution is -2.18. The highest BCUT2D eigenvalue weighted by molar-refractivity contribution is 6.31. The number of rotatable bonds is 4. The molecule has 3 aromatic rings. The number of hydrogen-bond donors (Lipinski definition) is 1. The molecule has 1 atom stereocenters. The predicted octanol–water partition coefficient (Wildman–Crippen LogP) is 5.25. The van der Waals surface area contributed by atoms with Crippen molar-refractivity contribution >= 4 is 22.6 Å². The summed E-state index contributed by atoms with van der Waals surface area (Å²) in [5.41, 5.74) is 3.24. The van der Waals surface area contributed by atoms with E-state index in [1.807, 2.05) is 42.5 Å². The fourth-order valence-corrected chi connectivity index (χ4v) is 2.81. The maximum Gasteiger partial charge on any atom is 0.134 e. The molecule has 0 aliphatic carbocycles. The summed E-state index contributed by atoms with van der Waals surface area (Å²) in [6.45, 7) is 4.94. The Hall–Kier alpha value is -1.77. The molecule has 0 radical (unpaired) electrons. The van der Waals surface area contributed by atoms with Gasteiger partial charge in [-0.1, -0.05) is 48.0 Å². The molecule has 0 saturated carbocycles. The number of hydrogen-bond acceptors (Lipinski definition) is 2. The first-order chi connectivity index (χ1) is 10.2. The van der Waals surface area contributed by atoms with E-state index in [-0.39, 0.29) is 6.04 Å². The molecule has 1 aromatic heterocycles. The van der Waals surface area contributed by atoms with Gasteiger partial charge >= 0.3 is 0 Å². The minimum Gasteiger partial charge on any atom is -0.459 e. The van der Waals surface area contributed by atoms with Crippen molar-refractivity contribution in [2.24, 2.45) is 0 Å². The zero-order valence-electron chi connectivity index (χ0n) is 12.2. The van der Waals surface area contributed by atoms with Crippen LogP contribution in [0.1, 0.15) is 29.9 Å². The van der Waals surface area contributed by atoms with E-state index >= 15 is 0 Å². The highest BCUT2D eigenvalue weighted by atomic mass is 35.5. The molecule has 2 aromatic carbocycles. The molecule has 1 unspecified atom stereocenters. The Bertz CT molecular complexity index is 763. The van der Waals surface area contributed by atoms with Gasteiger partial charge in [-0.05, 0) is 37.1 Å². The third-order valence-electron chi connectivity index (χ3n) is 3.83. The normalized spacial score (nSPS) is 12.7. The number of aryl methyl sites for hydroxylation is 1. The first-order valence-electron chi connectivity index (χ1n) is 7.11. The lowest BCUT2D eigenvalue weighted by molar-refractivity contribution is 0.447. The van der Waals surface area contributed by atoms with Gasteiger partial charge in [0.05, 0.1) is 6.04 Å². The van der Waals surface area contributed by atoms with Crippen molar-refractivity contribution in [1.29, 1.82) is 0 Å². The average molecular weight is 300 g/mol. The van der Waals surface area contributed by atoms with Crippen LogP contribution in [0.5, 0.6) is 0 Å². The summed E-state index contributed by atoms with van der Waals surface area (Å²) >= 11 is 6.19. The van der Waals surface area contributed by atoms with Gasteiger partial charge in [0.1, 0.15) is 11.3 Å². The van der Waals surface area contributed by atoms with Gasteiger partial charge in [-0.25, -0.2) is 0 Å². The predicted molar refractivity (Wildman–Crippen MR) is 87.7 cm³/mol. The van der Waals surface area contributed by atoms with Crippen molar-refractivity contribution < 1.29 is 4.42 Å². The molecule has 0 aliphatic heterocycles. The Morgan fingerprint density at radius 1 is 1.10 bits per heavy atom. The van der Waals surface area contributed by atoms with Gasteiger partial charge in [-0.15, -0.1) is 0 Å². The second-order valence-corrected chi connectivity index (χ2v) is 5.69. The van der Waals surface area contributed by atoms with Crippen molar-refractivity contribution in [2.45, 2.75) is 26.4 Å². The van der Waals surface area contributed by atoms with Gasteiger partial charge in [0.2, 0.25) is 0 Å². The summed E-state index contributed by atoms with van der Waals surface area (Å²) in [5.74, 6) is 0.989. The Morgan fingerprint density at radius 3 is 2.57 bits per heavy atom. The van der Waals surface area contributed by atoms with Crippen LogP contribution >= 0.6 is 11.6 Å². The Balaban J connectivity index is 1.80. The second-order valence-electron chi connectivity index (χ2n) is 5.28. The number of halogens is 1. The molecule has 0 saturated heterocycles. The number of benzene rings is 2. The molecule has 0 amide bonds. The zero-order valence-corrected chi connectivity index (χ0v) is 12.9. The monoisotopic (exact) mass is 299 g/mol. The lowest BCUT2D eigenvalue weighted by Gasteiger charge is -2.13. The molecule has 2 nitrogen and oxygen atoms in total. The zero-order chi connectivity index (χ0) is 14.8. The van der Waals surface area contributed by atoms with Gasteiger partial charge in [0.25, 0.3) is 0 Å². The van der Waals surface area contributed by atoms with Gasteiger partial charge in [0.15, 0.2) is 0 Å². The summed E-state index contributed by atoms with van der Waals surface area (Å²) in [7, 11) is 0. The SMILES string of the molecule is Cc1c(C(C)NCc2ccccc2Cl)oc2ccccc12. The van der Waals surface area contributed by atoms with E-state index in [1.54, 1.807) is 0 Å². The highest BCUT2D eigenvalue weighted by Gasteiger charge is 2.16. The summed E-state index contributed by atoms with van der Waals surface area (Å²) in [6, 6.07) is 16.2. The molecule has 1 heterocycles. The van der Waals surface area contributed by atoms with Crippen LogP contribution in [0, 0.1) is 6.92 Å². The van der Waals surface area contributed by atoms with Gasteiger partial charge in [-0.3, -0.25) is 0 Å². The van der Waals surface area contributed by atoms with Crippen LogP contribution in [-0.2, 0) is 6.54 Å². The summed E-state index contributed by atoms with van der Waals surface area (Å²) in [5, 5.41) is 5.45. The molecule has 0 spiro atoms. The van der Waals surface area contributed by atoms with Crippen LogP contribution in [0.25, 0.3) is 11.0 Å². The van der Waals surface area contributed by atoms with Crippen LogP contribution in [0.2, 0.25) is 5.02 Å². The maximum absolute atomic E-state index is 6.19. The third-order valence-corrected chi connectivity index (χ3v) is 4.20. The molecule has 108 valence electrons. The number of nitrogens with one attached hydrogen (secondary N) is 1. The molecule has 3 rings (SSSR count). The van der Waals surface area contributed by atoms with Crippen molar-refractivity contribution in [3.63, 3.8) is 0 Å². The second kappa shape index (κ2) is 5.92. The fraction of sp³-hybridized carbons (Fsp3) is 0.222. The van der Waals surface area contributed by atoms with Crippen LogP contribution in [0.4, 0.5) is 0 Å². The van der Waals surface area contributed by atoms with Crippen molar-refractivity contribution in [3.05, 3.63) is 70.4 Å². The van der Waals surface area contributed by atoms with Gasteiger partial charge < -0.3 is 9.73 Å². The summed E-state index contributed by atoms with van der Waals surface area (Å²) in [4.78, 5) is 0. The number of furan rings is 1. The number of para-hydroxylation sites is 1. The van der Waals surface area contributed by atoms with Crippen LogP contribution in [0.15, 0.2) is 52.9 Å². The molecule has 0 aliphatic rings. The largest absolute Gasteiger partial charge is 0.459 e. The van der Waals surface area contributed by atoms with Gasteiger partial charge in [0, 0.05) is 17.0 Å². The van der Waals surface area contributed by atoms with Crippen molar-refractivity contribution in [1.82, 2.24) is 5.32 Å². The molecule has 0 fully saturated rings. The molecule has 3 heteroatoms. The quantitative estimate of drug-likeness (QED) is 0.712. The third kappa shape index (κ3) is 2.82. The first-order valence-corrected chi connectivity index (χ1v) is 7.49. The fourth-order valence-electron chi connectivity index (χ4n) is 2.60. The van der Waals surface area contributed by atoms with E-state index in [1.165, 1.54) is 10.9 Å². The van der Waals surface area contributed by atoms with Crippen LogP contribution < -0.4 is 5.32 Å². The molecule has 0 bridgehead atoms. The first kappa shape index (κ1) is 14.2. The summed E-state index contributed by atoms with van der Waals surface area (Å²) < 4.78 is 5.98. The lowest BCUT2D eigenvalue weighted by atomic mass is 10.1.